The molecule has 3 aromatic rings. The second kappa shape index (κ2) is 8.43. The summed E-state index contributed by atoms with van der Waals surface area (Å²) < 4.78 is 5.80. The summed E-state index contributed by atoms with van der Waals surface area (Å²) in [5, 5.41) is 25.5. The van der Waals surface area contributed by atoms with Crippen LogP contribution in [0.5, 0.6) is 0 Å². The van der Waals surface area contributed by atoms with E-state index in [1.165, 1.54) is 12.1 Å². The molecule has 0 fully saturated rings. The summed E-state index contributed by atoms with van der Waals surface area (Å²) in [5.41, 5.74) is 7.75. The van der Waals surface area contributed by atoms with E-state index >= 15 is 0 Å². The second-order valence-electron chi connectivity index (χ2n) is 5.48. The van der Waals surface area contributed by atoms with Crippen LogP contribution in [0.15, 0.2) is 65.1 Å². The first-order chi connectivity index (χ1) is 12.8. The van der Waals surface area contributed by atoms with Crippen molar-refractivity contribution < 1.29 is 19.2 Å². The van der Waals surface area contributed by atoms with Crippen LogP contribution < -0.4 is 5.73 Å². The maximum atomic E-state index is 10.7. The number of nitrogens with zero attached hydrogens (tertiary/aromatic N) is 1. The Morgan fingerprint density at radius 3 is 1.78 bits per heavy atom. The Kier molecular flexibility index (Phi) is 6.06. The molecule has 138 valence electrons. The number of rotatable bonds is 4. The van der Waals surface area contributed by atoms with Crippen molar-refractivity contribution in [1.82, 2.24) is 0 Å². The Balaban J connectivity index is 0.000000596. The van der Waals surface area contributed by atoms with Gasteiger partial charge in [-0.25, -0.2) is 0 Å². The van der Waals surface area contributed by atoms with Crippen LogP contribution in [0.3, 0.4) is 0 Å². The lowest BCUT2D eigenvalue weighted by atomic mass is 10.1. The van der Waals surface area contributed by atoms with Crippen LogP contribution in [0.2, 0.25) is 0 Å². The van der Waals surface area contributed by atoms with Crippen LogP contribution >= 0.6 is 0 Å². The van der Waals surface area contributed by atoms with E-state index in [0.717, 1.165) is 18.1 Å². The van der Waals surface area contributed by atoms with Gasteiger partial charge < -0.3 is 15.3 Å². The van der Waals surface area contributed by atoms with Crippen molar-refractivity contribution in [2.75, 3.05) is 0 Å². The van der Waals surface area contributed by atoms with Crippen LogP contribution in [0.25, 0.3) is 22.6 Å². The fourth-order valence-electron chi connectivity index (χ4n) is 2.21. The minimum atomic E-state index is -0.833. The molecule has 0 radical (unpaired) electrons. The molecule has 8 heteroatoms. The fraction of sp³-hybridized carbons (Fsp3) is 0.0526. The molecule has 2 aromatic carbocycles. The molecule has 0 saturated carbocycles. The molecule has 0 saturated heterocycles. The summed E-state index contributed by atoms with van der Waals surface area (Å²) in [6.07, 6.45) is 0. The first-order valence-corrected chi connectivity index (χ1v) is 7.77. The lowest BCUT2D eigenvalue weighted by molar-refractivity contribution is -0.384. The van der Waals surface area contributed by atoms with Crippen LogP contribution in [-0.4, -0.2) is 21.8 Å². The number of nitrogen functional groups attached to an aromatic ring is 1. The number of carbonyl (C=O) groups is 1. The number of benzene rings is 2. The molecule has 0 aliphatic heterocycles. The number of hydrogen-bond donors (Lipinski definition) is 3. The Hall–Kier alpha value is -3.94. The van der Waals surface area contributed by atoms with Crippen LogP contribution in [0, 0.1) is 15.5 Å². The van der Waals surface area contributed by atoms with Crippen molar-refractivity contribution in [3.63, 3.8) is 0 Å². The third-order valence-electron chi connectivity index (χ3n) is 3.45. The van der Waals surface area contributed by atoms with E-state index in [-0.39, 0.29) is 11.5 Å². The van der Waals surface area contributed by atoms with E-state index in [1.54, 1.807) is 24.3 Å². The van der Waals surface area contributed by atoms with E-state index < -0.39 is 10.9 Å². The van der Waals surface area contributed by atoms with E-state index in [1.807, 2.05) is 24.3 Å². The highest BCUT2D eigenvalue weighted by Gasteiger charge is 2.09. The number of carboxylic acids is 1. The molecule has 3 rings (SSSR count). The van der Waals surface area contributed by atoms with Gasteiger partial charge in [-0.1, -0.05) is 24.3 Å². The third kappa shape index (κ3) is 5.27. The van der Waals surface area contributed by atoms with Gasteiger partial charge in [0.25, 0.3) is 11.7 Å². The summed E-state index contributed by atoms with van der Waals surface area (Å²) in [6.45, 7) is 1.08. The van der Waals surface area contributed by atoms with Gasteiger partial charge in [-0.05, 0) is 24.3 Å². The molecule has 0 amide bonds. The maximum Gasteiger partial charge on any atom is 0.300 e. The first kappa shape index (κ1) is 19.4. The van der Waals surface area contributed by atoms with Gasteiger partial charge in [0.05, 0.1) is 4.92 Å². The number of furan rings is 1. The Labute approximate surface area is 154 Å². The van der Waals surface area contributed by atoms with Gasteiger partial charge >= 0.3 is 0 Å². The number of hydrogen-bond acceptors (Lipinski definition) is 5. The summed E-state index contributed by atoms with van der Waals surface area (Å²) in [5.74, 6) is 0.488. The number of aliphatic carboxylic acids is 1. The van der Waals surface area contributed by atoms with Gasteiger partial charge in [0.15, 0.2) is 0 Å². The van der Waals surface area contributed by atoms with E-state index in [9.17, 15) is 10.1 Å². The van der Waals surface area contributed by atoms with Crippen molar-refractivity contribution in [2.24, 2.45) is 5.73 Å². The average molecular weight is 367 g/mol. The minimum Gasteiger partial charge on any atom is -0.481 e. The van der Waals surface area contributed by atoms with Gasteiger partial charge in [-0.3, -0.25) is 20.3 Å². The predicted octanol–water partition coefficient (Wildman–Crippen LogP) is 3.90. The molecule has 8 nitrogen and oxygen atoms in total. The molecule has 0 spiro atoms. The van der Waals surface area contributed by atoms with Gasteiger partial charge in [-0.15, -0.1) is 0 Å². The molecule has 0 aliphatic rings. The lowest BCUT2D eigenvalue weighted by Crippen LogP contribution is -2.10. The van der Waals surface area contributed by atoms with Crippen LogP contribution in [0.4, 0.5) is 5.69 Å². The van der Waals surface area contributed by atoms with Gasteiger partial charge in [0.2, 0.25) is 0 Å². The zero-order valence-corrected chi connectivity index (χ0v) is 14.4. The summed E-state index contributed by atoms with van der Waals surface area (Å²) in [7, 11) is 0. The smallest absolute Gasteiger partial charge is 0.300 e. The Morgan fingerprint density at radius 2 is 1.41 bits per heavy atom. The zero-order valence-electron chi connectivity index (χ0n) is 14.4. The summed E-state index contributed by atoms with van der Waals surface area (Å²) >= 11 is 0. The molecule has 1 aromatic heterocycles. The van der Waals surface area contributed by atoms with Gasteiger partial charge in [0.1, 0.15) is 17.4 Å². The highest BCUT2D eigenvalue weighted by Crippen LogP contribution is 2.29. The quantitative estimate of drug-likeness (QED) is 0.276. The SMILES string of the molecule is CC(=O)O.N=C(N)c1ccc(-c2ccc(-c3ccc([N+](=O)[O-])cc3)o2)cc1. The molecular weight excluding hydrogens is 350 g/mol. The highest BCUT2D eigenvalue weighted by atomic mass is 16.6. The average Bonchev–Trinajstić information content (AvgIpc) is 3.11. The largest absolute Gasteiger partial charge is 0.481 e. The lowest BCUT2D eigenvalue weighted by Gasteiger charge is -2.01. The Bertz CT molecular complexity index is 884. The molecule has 0 bridgehead atoms. The number of nitrogens with one attached hydrogen (secondary N) is 1. The van der Waals surface area contributed by atoms with E-state index in [4.69, 9.17) is 25.5 Å². The normalized spacial score (nSPS) is 9.81. The number of amidine groups is 1. The maximum absolute atomic E-state index is 10.7. The molecule has 1 heterocycles. The second-order valence-corrected chi connectivity index (χ2v) is 5.48. The van der Waals surface area contributed by atoms with Crippen LogP contribution in [0.1, 0.15) is 12.5 Å². The fourth-order valence-corrected chi connectivity index (χ4v) is 2.21. The third-order valence-corrected chi connectivity index (χ3v) is 3.45. The number of nitro benzene ring substituents is 1. The van der Waals surface area contributed by atoms with Crippen molar-refractivity contribution in [3.05, 3.63) is 76.3 Å². The topological polar surface area (TPSA) is 143 Å². The van der Waals surface area contributed by atoms with Crippen molar-refractivity contribution in [2.45, 2.75) is 6.92 Å². The molecular formula is C19H17N3O5. The monoisotopic (exact) mass is 367 g/mol. The summed E-state index contributed by atoms with van der Waals surface area (Å²) in [6, 6.07) is 17.0. The molecule has 4 N–H and O–H groups in total. The molecule has 0 unspecified atom stereocenters. The first-order valence-electron chi connectivity index (χ1n) is 7.77. The molecule has 0 atom stereocenters. The van der Waals surface area contributed by atoms with Crippen molar-refractivity contribution >= 4 is 17.5 Å². The van der Waals surface area contributed by atoms with Gasteiger partial charge in [0, 0.05) is 35.7 Å². The molecule has 27 heavy (non-hydrogen) atoms. The standard InChI is InChI=1S/C17H13N3O3.C2H4O2/c18-17(19)13-3-1-11(2-4-13)15-9-10-16(23-15)12-5-7-14(8-6-12)20(21)22;1-2(3)4/h1-10H,(H3,18,19);1H3,(H,3,4). The Morgan fingerprint density at radius 1 is 1.00 bits per heavy atom. The van der Waals surface area contributed by atoms with E-state index in [0.29, 0.717) is 17.1 Å². The van der Waals surface area contributed by atoms with E-state index in [2.05, 4.69) is 0 Å². The number of nitro groups is 1. The number of carboxylic acid groups (broad SMARTS) is 1. The number of nitrogens with two attached hydrogens (primary N) is 1. The summed E-state index contributed by atoms with van der Waals surface area (Å²) in [4.78, 5) is 19.2. The predicted molar refractivity (Wildman–Crippen MR) is 101 cm³/mol. The zero-order chi connectivity index (χ0) is 20.0. The highest BCUT2D eigenvalue weighted by molar-refractivity contribution is 5.95. The molecule has 0 aliphatic carbocycles. The van der Waals surface area contributed by atoms with Crippen molar-refractivity contribution in [3.8, 4) is 22.6 Å². The number of non-ortho nitro benzene ring substituents is 1. The van der Waals surface area contributed by atoms with Crippen molar-refractivity contribution in [1.29, 1.82) is 5.41 Å². The van der Waals surface area contributed by atoms with Gasteiger partial charge in [-0.2, -0.15) is 0 Å². The minimum absolute atomic E-state index is 0.0163. The van der Waals surface area contributed by atoms with Crippen LogP contribution in [-0.2, 0) is 4.79 Å².